The number of hydrogen-bond acceptors (Lipinski definition) is 2. The van der Waals surface area contributed by atoms with Crippen LogP contribution in [-0.4, -0.2) is 13.3 Å². The van der Waals surface area contributed by atoms with Gasteiger partial charge in [-0.15, -0.1) is 12.4 Å². The van der Waals surface area contributed by atoms with Crippen LogP contribution in [0.1, 0.15) is 24.4 Å². The molecule has 0 aliphatic heterocycles. The van der Waals surface area contributed by atoms with Gasteiger partial charge in [0, 0.05) is 22.5 Å². The molecule has 2 N–H and O–H groups in total. The van der Waals surface area contributed by atoms with E-state index in [2.05, 4.69) is 15.9 Å². The van der Waals surface area contributed by atoms with Crippen LogP contribution in [0.15, 0.2) is 22.7 Å². The van der Waals surface area contributed by atoms with Gasteiger partial charge in [-0.2, -0.15) is 13.2 Å². The molecule has 0 heterocycles. The number of alkyl halides is 3. The molecule has 0 saturated heterocycles. The van der Waals surface area contributed by atoms with E-state index >= 15 is 0 Å². The maximum Gasteiger partial charge on any atom is 0.389 e. The lowest BCUT2D eigenvalue weighted by Gasteiger charge is -2.16. The summed E-state index contributed by atoms with van der Waals surface area (Å²) in [5.74, 6) is 0.494. The molecule has 0 bridgehead atoms. The van der Waals surface area contributed by atoms with Crippen LogP contribution < -0.4 is 10.5 Å². The van der Waals surface area contributed by atoms with Crippen molar-refractivity contribution in [1.82, 2.24) is 0 Å². The Hall–Kier alpha value is -0.460. The molecule has 1 aromatic carbocycles. The fourth-order valence-electron chi connectivity index (χ4n) is 1.47. The molecule has 1 atom stereocenters. The van der Waals surface area contributed by atoms with E-state index in [1.807, 2.05) is 0 Å². The zero-order chi connectivity index (χ0) is 13.1. The van der Waals surface area contributed by atoms with E-state index in [-0.39, 0.29) is 18.8 Å². The van der Waals surface area contributed by atoms with Crippen molar-refractivity contribution in [3.05, 3.63) is 28.2 Å². The Kier molecular flexibility index (Phi) is 7.02. The highest BCUT2D eigenvalue weighted by molar-refractivity contribution is 9.10. The Morgan fingerprint density at radius 1 is 1.39 bits per heavy atom. The molecular weight excluding hydrogens is 334 g/mol. The van der Waals surface area contributed by atoms with Gasteiger partial charge in [0.15, 0.2) is 0 Å². The van der Waals surface area contributed by atoms with Gasteiger partial charge >= 0.3 is 6.18 Å². The number of nitrogens with two attached hydrogens (primary N) is 1. The third-order valence-corrected chi connectivity index (χ3v) is 2.83. The van der Waals surface area contributed by atoms with Crippen LogP contribution in [0.2, 0.25) is 0 Å². The molecule has 0 aromatic heterocycles. The Morgan fingerprint density at radius 2 is 2.00 bits per heavy atom. The van der Waals surface area contributed by atoms with Crippen molar-refractivity contribution < 1.29 is 17.9 Å². The lowest BCUT2D eigenvalue weighted by molar-refractivity contribution is -0.136. The van der Waals surface area contributed by atoms with Crippen molar-refractivity contribution in [1.29, 1.82) is 0 Å². The maximum atomic E-state index is 12.1. The van der Waals surface area contributed by atoms with Gasteiger partial charge < -0.3 is 10.5 Å². The summed E-state index contributed by atoms with van der Waals surface area (Å²) in [5, 5.41) is 0. The molecule has 0 spiro atoms. The van der Waals surface area contributed by atoms with E-state index in [4.69, 9.17) is 10.5 Å². The zero-order valence-electron chi connectivity index (χ0n) is 9.63. The molecule has 7 heteroatoms. The van der Waals surface area contributed by atoms with Crippen molar-refractivity contribution in [2.45, 2.75) is 25.1 Å². The van der Waals surface area contributed by atoms with Gasteiger partial charge in [0.1, 0.15) is 5.75 Å². The van der Waals surface area contributed by atoms with Gasteiger partial charge in [-0.3, -0.25) is 0 Å². The van der Waals surface area contributed by atoms with Crippen molar-refractivity contribution in [3.8, 4) is 5.75 Å². The summed E-state index contributed by atoms with van der Waals surface area (Å²) in [5.41, 5.74) is 6.32. The van der Waals surface area contributed by atoms with Crippen molar-refractivity contribution in [2.75, 3.05) is 7.11 Å². The van der Waals surface area contributed by atoms with Gasteiger partial charge in [0.2, 0.25) is 0 Å². The first-order valence-electron chi connectivity index (χ1n) is 4.99. The quantitative estimate of drug-likeness (QED) is 0.884. The van der Waals surface area contributed by atoms with Crippen LogP contribution in [0.4, 0.5) is 13.2 Å². The van der Waals surface area contributed by atoms with Gasteiger partial charge in [0.25, 0.3) is 0 Å². The van der Waals surface area contributed by atoms with Crippen LogP contribution >= 0.6 is 28.3 Å². The minimum absolute atomic E-state index is 0. The van der Waals surface area contributed by atoms with Crippen molar-refractivity contribution in [2.24, 2.45) is 5.73 Å². The Morgan fingerprint density at radius 3 is 2.50 bits per heavy atom. The molecule has 104 valence electrons. The Balaban J connectivity index is 0.00000289. The lowest BCUT2D eigenvalue weighted by Crippen LogP contribution is -2.16. The molecule has 0 amide bonds. The van der Waals surface area contributed by atoms with Crippen LogP contribution in [0.25, 0.3) is 0 Å². The van der Waals surface area contributed by atoms with Crippen molar-refractivity contribution >= 4 is 28.3 Å². The zero-order valence-corrected chi connectivity index (χ0v) is 12.0. The summed E-state index contributed by atoms with van der Waals surface area (Å²) < 4.78 is 42.1. The first-order valence-corrected chi connectivity index (χ1v) is 5.78. The molecule has 0 saturated carbocycles. The minimum Gasteiger partial charge on any atom is -0.496 e. The second kappa shape index (κ2) is 7.21. The second-order valence-corrected chi connectivity index (χ2v) is 4.56. The van der Waals surface area contributed by atoms with Crippen LogP contribution in [0.3, 0.4) is 0 Å². The van der Waals surface area contributed by atoms with E-state index in [0.29, 0.717) is 11.3 Å². The first-order chi connectivity index (χ1) is 7.83. The summed E-state index contributed by atoms with van der Waals surface area (Å²) in [6.45, 7) is 0. The largest absolute Gasteiger partial charge is 0.496 e. The summed E-state index contributed by atoms with van der Waals surface area (Å²) in [6, 6.07) is 4.40. The highest BCUT2D eigenvalue weighted by atomic mass is 79.9. The van der Waals surface area contributed by atoms with E-state index in [1.165, 1.54) is 7.11 Å². The van der Waals surface area contributed by atoms with E-state index < -0.39 is 18.6 Å². The summed E-state index contributed by atoms with van der Waals surface area (Å²) in [4.78, 5) is 0. The Labute approximate surface area is 118 Å². The molecule has 0 aliphatic rings. The van der Waals surface area contributed by atoms with Gasteiger partial charge in [-0.25, -0.2) is 0 Å². The monoisotopic (exact) mass is 347 g/mol. The number of ether oxygens (including phenoxy) is 1. The van der Waals surface area contributed by atoms with Crippen LogP contribution in [0.5, 0.6) is 5.75 Å². The first kappa shape index (κ1) is 17.5. The molecule has 0 unspecified atom stereocenters. The molecule has 18 heavy (non-hydrogen) atoms. The molecule has 2 nitrogen and oxygen atoms in total. The highest BCUT2D eigenvalue weighted by Gasteiger charge is 2.28. The fourth-order valence-corrected chi connectivity index (χ4v) is 1.81. The van der Waals surface area contributed by atoms with Crippen LogP contribution in [0, 0.1) is 0 Å². The smallest absolute Gasteiger partial charge is 0.389 e. The maximum absolute atomic E-state index is 12.1. The number of hydrogen-bond donors (Lipinski definition) is 1. The summed E-state index contributed by atoms with van der Waals surface area (Å²) in [7, 11) is 1.46. The average molecular weight is 349 g/mol. The van der Waals surface area contributed by atoms with Gasteiger partial charge in [-0.05, 0) is 18.6 Å². The third-order valence-electron chi connectivity index (χ3n) is 2.33. The summed E-state index contributed by atoms with van der Waals surface area (Å²) >= 11 is 3.26. The fraction of sp³-hybridized carbons (Fsp3) is 0.455. The number of benzene rings is 1. The van der Waals surface area contributed by atoms with Crippen LogP contribution in [-0.2, 0) is 0 Å². The predicted molar refractivity (Wildman–Crippen MR) is 70.2 cm³/mol. The summed E-state index contributed by atoms with van der Waals surface area (Å²) in [6.07, 6.45) is -5.23. The SMILES string of the molecule is COc1cc(Br)ccc1[C@@H](N)CCC(F)(F)F.Cl. The number of rotatable bonds is 4. The van der Waals surface area contributed by atoms with E-state index in [1.54, 1.807) is 18.2 Å². The molecule has 0 radical (unpaired) electrons. The highest BCUT2D eigenvalue weighted by Crippen LogP contribution is 2.32. The standard InChI is InChI=1S/C11H13BrF3NO.ClH/c1-17-10-6-7(12)2-3-8(10)9(16)4-5-11(13,14)15;/h2-3,6,9H,4-5,16H2,1H3;1H/t9-;/m0./s1. The molecular formula is C11H14BrClF3NO. The number of halogens is 5. The van der Waals surface area contributed by atoms with Gasteiger partial charge in [-0.1, -0.05) is 22.0 Å². The second-order valence-electron chi connectivity index (χ2n) is 3.65. The Bertz CT molecular complexity index is 387. The van der Waals surface area contributed by atoms with Crippen molar-refractivity contribution in [3.63, 3.8) is 0 Å². The van der Waals surface area contributed by atoms with Gasteiger partial charge in [0.05, 0.1) is 7.11 Å². The number of methoxy groups -OCH3 is 1. The molecule has 1 aromatic rings. The third kappa shape index (κ3) is 5.46. The molecule has 0 aliphatic carbocycles. The van der Waals surface area contributed by atoms with E-state index in [0.717, 1.165) is 4.47 Å². The normalized spacial score (nSPS) is 12.8. The molecule has 0 fully saturated rings. The molecule has 1 rings (SSSR count). The minimum atomic E-state index is -4.18. The van der Waals surface area contributed by atoms with E-state index in [9.17, 15) is 13.2 Å². The lowest BCUT2D eigenvalue weighted by atomic mass is 10.0. The predicted octanol–water partition coefficient (Wildman–Crippen LogP) is 4.22. The topological polar surface area (TPSA) is 35.2 Å². The average Bonchev–Trinajstić information content (AvgIpc) is 2.24.